The minimum absolute atomic E-state index is 0.350. The van der Waals surface area contributed by atoms with Crippen molar-refractivity contribution in [2.24, 2.45) is 0 Å². The molecule has 0 heterocycles. The van der Waals surface area contributed by atoms with Crippen LogP contribution in [0.5, 0.6) is 0 Å². The van der Waals surface area contributed by atoms with Gasteiger partial charge in [0, 0.05) is 7.11 Å². The van der Waals surface area contributed by atoms with Gasteiger partial charge in [0.1, 0.15) is 0 Å². The minimum atomic E-state index is -1.35. The Morgan fingerprint density at radius 2 is 1.28 bits per heavy atom. The molecule has 134 valence electrons. The zero-order valence-corrected chi connectivity index (χ0v) is 15.9. The molecule has 0 saturated heterocycles. The van der Waals surface area contributed by atoms with Crippen LogP contribution in [0.25, 0.3) is 11.1 Å². The van der Waals surface area contributed by atoms with Crippen molar-refractivity contribution in [3.05, 3.63) is 59.7 Å². The second-order valence-corrected chi connectivity index (χ2v) is 7.16. The summed E-state index contributed by atoms with van der Waals surface area (Å²) < 4.78 is 23.0. The molecule has 5 heteroatoms. The van der Waals surface area contributed by atoms with Crippen LogP contribution in [-0.2, 0) is 23.7 Å². The van der Waals surface area contributed by atoms with Gasteiger partial charge in [-0.1, -0.05) is 48.5 Å². The lowest BCUT2D eigenvalue weighted by atomic mass is 9.80. The van der Waals surface area contributed by atoms with E-state index in [1.807, 2.05) is 13.8 Å². The van der Waals surface area contributed by atoms with Crippen LogP contribution in [0.2, 0.25) is 0 Å². The molecule has 0 saturated carbocycles. The molecule has 0 aromatic heterocycles. The maximum absolute atomic E-state index is 6.12. The normalized spacial score (nSPS) is 14.6. The highest BCUT2D eigenvalue weighted by atomic mass is 31.2. The molecule has 0 N–H and O–H groups in total. The van der Waals surface area contributed by atoms with Crippen molar-refractivity contribution in [1.29, 1.82) is 0 Å². The van der Waals surface area contributed by atoms with Crippen LogP contribution < -0.4 is 0 Å². The van der Waals surface area contributed by atoms with Gasteiger partial charge in [-0.2, -0.15) is 0 Å². The first-order chi connectivity index (χ1) is 12.3. The van der Waals surface area contributed by atoms with Crippen LogP contribution in [0, 0.1) is 0 Å². The quantitative estimate of drug-likeness (QED) is 0.595. The molecule has 0 atom stereocenters. The Kier molecular flexibility index (Phi) is 6.21. The SMILES string of the molecule is CCOP(OCC)OCC1(COC)c2ccccc2-c2ccccc21. The highest BCUT2D eigenvalue weighted by molar-refractivity contribution is 7.41. The average molecular weight is 360 g/mol. The summed E-state index contributed by atoms with van der Waals surface area (Å²) in [6.07, 6.45) is 0. The Morgan fingerprint density at radius 1 is 0.760 bits per heavy atom. The number of methoxy groups -OCH3 is 1. The van der Waals surface area contributed by atoms with Crippen molar-refractivity contribution in [2.75, 3.05) is 33.5 Å². The molecule has 0 spiro atoms. The first-order valence-corrected chi connectivity index (χ1v) is 9.73. The van der Waals surface area contributed by atoms with Crippen molar-refractivity contribution < 1.29 is 18.3 Å². The molecule has 0 radical (unpaired) electrons. The van der Waals surface area contributed by atoms with Crippen LogP contribution in [0.15, 0.2) is 48.5 Å². The smallest absolute Gasteiger partial charge is 0.332 e. The predicted molar refractivity (Wildman–Crippen MR) is 101 cm³/mol. The van der Waals surface area contributed by atoms with Crippen LogP contribution in [0.4, 0.5) is 0 Å². The number of hydrogen-bond donors (Lipinski definition) is 0. The average Bonchev–Trinajstić information content (AvgIpc) is 2.92. The lowest BCUT2D eigenvalue weighted by Gasteiger charge is -2.32. The van der Waals surface area contributed by atoms with Gasteiger partial charge >= 0.3 is 8.60 Å². The van der Waals surface area contributed by atoms with E-state index in [4.69, 9.17) is 18.3 Å². The van der Waals surface area contributed by atoms with Crippen molar-refractivity contribution in [1.82, 2.24) is 0 Å². The van der Waals surface area contributed by atoms with Gasteiger partial charge in [0.05, 0.1) is 31.8 Å². The molecule has 1 aliphatic carbocycles. The van der Waals surface area contributed by atoms with E-state index in [0.717, 1.165) is 0 Å². The summed E-state index contributed by atoms with van der Waals surface area (Å²) in [5, 5.41) is 0. The van der Waals surface area contributed by atoms with E-state index < -0.39 is 8.60 Å². The summed E-state index contributed by atoms with van der Waals surface area (Å²) in [4.78, 5) is 0. The van der Waals surface area contributed by atoms with Gasteiger partial charge in [-0.3, -0.25) is 0 Å². The van der Waals surface area contributed by atoms with Crippen molar-refractivity contribution >= 4 is 8.60 Å². The molecule has 0 amide bonds. The molecule has 25 heavy (non-hydrogen) atoms. The molecule has 0 bridgehead atoms. The summed E-state index contributed by atoms with van der Waals surface area (Å²) in [6.45, 7) is 6.03. The third-order valence-corrected chi connectivity index (χ3v) is 5.73. The van der Waals surface area contributed by atoms with E-state index in [0.29, 0.717) is 26.4 Å². The number of hydrogen-bond acceptors (Lipinski definition) is 4. The third kappa shape index (κ3) is 3.51. The second kappa shape index (κ2) is 8.39. The van der Waals surface area contributed by atoms with E-state index in [2.05, 4.69) is 48.5 Å². The third-order valence-electron chi connectivity index (χ3n) is 4.45. The van der Waals surface area contributed by atoms with Gasteiger partial charge in [0.15, 0.2) is 0 Å². The molecular formula is C20H25O4P. The van der Waals surface area contributed by atoms with Crippen molar-refractivity contribution in [3.63, 3.8) is 0 Å². The van der Waals surface area contributed by atoms with Gasteiger partial charge in [0.25, 0.3) is 0 Å². The first kappa shape index (κ1) is 18.5. The van der Waals surface area contributed by atoms with E-state index in [1.54, 1.807) is 7.11 Å². The predicted octanol–water partition coefficient (Wildman–Crippen LogP) is 4.92. The van der Waals surface area contributed by atoms with Crippen LogP contribution in [0.3, 0.4) is 0 Å². The summed E-state index contributed by atoms with van der Waals surface area (Å²) in [7, 11) is 0.382. The fraction of sp³-hybridized carbons (Fsp3) is 0.400. The van der Waals surface area contributed by atoms with Crippen LogP contribution >= 0.6 is 8.60 Å². The van der Waals surface area contributed by atoms with Gasteiger partial charge in [-0.15, -0.1) is 0 Å². The summed E-state index contributed by atoms with van der Waals surface area (Å²) >= 11 is 0. The topological polar surface area (TPSA) is 36.9 Å². The molecular weight excluding hydrogens is 335 g/mol. The standard InChI is InChI=1S/C20H25O4P/c1-4-22-25(23-5-2)24-15-20(14-21-3)18-12-8-6-10-16(18)17-11-7-9-13-19(17)20/h6-13H,4-5,14-15H2,1-3H3. The molecule has 0 unspecified atom stereocenters. The Bertz CT molecular complexity index is 652. The second-order valence-electron chi connectivity index (χ2n) is 5.94. The lowest BCUT2D eigenvalue weighted by Crippen LogP contribution is -2.35. The Morgan fingerprint density at radius 3 is 1.76 bits per heavy atom. The fourth-order valence-corrected chi connectivity index (χ4v) is 4.47. The summed E-state index contributed by atoms with van der Waals surface area (Å²) in [5.74, 6) is 0. The zero-order chi connectivity index (χ0) is 17.7. The summed E-state index contributed by atoms with van der Waals surface area (Å²) in [5.41, 5.74) is 4.62. The van der Waals surface area contributed by atoms with Crippen LogP contribution in [0.1, 0.15) is 25.0 Å². The molecule has 2 aromatic rings. The minimum Gasteiger partial charge on any atom is -0.383 e. The van der Waals surface area contributed by atoms with Gasteiger partial charge in [-0.05, 0) is 36.1 Å². The van der Waals surface area contributed by atoms with Crippen LogP contribution in [-0.4, -0.2) is 33.5 Å². The maximum atomic E-state index is 6.12. The molecule has 3 rings (SSSR count). The highest BCUT2D eigenvalue weighted by Crippen LogP contribution is 2.51. The van der Waals surface area contributed by atoms with Crippen molar-refractivity contribution in [2.45, 2.75) is 19.3 Å². The largest absolute Gasteiger partial charge is 0.383 e. The molecule has 2 aromatic carbocycles. The van der Waals surface area contributed by atoms with E-state index in [9.17, 15) is 0 Å². The molecule has 1 aliphatic rings. The highest BCUT2D eigenvalue weighted by Gasteiger charge is 2.44. The van der Waals surface area contributed by atoms with Crippen molar-refractivity contribution in [3.8, 4) is 11.1 Å². The van der Waals surface area contributed by atoms with E-state index in [-0.39, 0.29) is 5.41 Å². The molecule has 0 fully saturated rings. The fourth-order valence-electron chi connectivity index (χ4n) is 3.50. The Labute approximate surface area is 151 Å². The lowest BCUT2D eigenvalue weighted by molar-refractivity contribution is 0.0959. The number of rotatable bonds is 9. The maximum Gasteiger partial charge on any atom is 0.332 e. The van der Waals surface area contributed by atoms with Gasteiger partial charge in [-0.25, -0.2) is 0 Å². The first-order valence-electron chi connectivity index (χ1n) is 8.64. The Balaban J connectivity index is 1.99. The van der Waals surface area contributed by atoms with E-state index in [1.165, 1.54) is 22.3 Å². The number of fused-ring (bicyclic) bond motifs is 3. The molecule has 0 aliphatic heterocycles. The van der Waals surface area contributed by atoms with Gasteiger partial charge < -0.3 is 18.3 Å². The summed E-state index contributed by atoms with van der Waals surface area (Å²) in [6, 6.07) is 17.0. The van der Waals surface area contributed by atoms with Gasteiger partial charge in [0.2, 0.25) is 0 Å². The van der Waals surface area contributed by atoms with E-state index >= 15 is 0 Å². The monoisotopic (exact) mass is 360 g/mol. The molecule has 4 nitrogen and oxygen atoms in total. The number of benzene rings is 2. The Hall–Kier alpha value is -1.29. The zero-order valence-electron chi connectivity index (χ0n) is 15.0. The number of ether oxygens (including phenoxy) is 1.